The average molecular weight is 313 g/mol. The zero-order valence-electron chi connectivity index (χ0n) is 9.35. The Kier molecular flexibility index (Phi) is 4.92. The topological polar surface area (TPSA) is 26.0 Å². The first-order valence-electron chi connectivity index (χ1n) is 4.68. The zero-order valence-corrected chi connectivity index (χ0v) is 11.0. The van der Waals surface area contributed by atoms with Crippen molar-refractivity contribution in [2.75, 3.05) is 5.73 Å². The summed E-state index contributed by atoms with van der Waals surface area (Å²) >= 11 is 0.813. The molecular formula is C11H8F5NS2. The molecule has 0 saturated heterocycles. The lowest BCUT2D eigenvalue weighted by Gasteiger charge is -2.17. The fourth-order valence-corrected chi connectivity index (χ4v) is 2.60. The molecule has 0 aliphatic heterocycles. The lowest BCUT2D eigenvalue weighted by Crippen LogP contribution is -2.14. The molecule has 1 aromatic rings. The monoisotopic (exact) mass is 313 g/mol. The van der Waals surface area contributed by atoms with Crippen LogP contribution in [0, 0.1) is 11.6 Å². The second-order valence-corrected chi connectivity index (χ2v) is 5.10. The predicted molar refractivity (Wildman–Crippen MR) is 67.9 cm³/mol. The summed E-state index contributed by atoms with van der Waals surface area (Å²) in [6.07, 6.45) is -5.04. The Hall–Kier alpha value is -1.15. The largest absolute Gasteiger partial charge is 0.420 e. The maximum Gasteiger partial charge on any atom is 0.420 e. The fraction of sp³-hybridized carbons (Fsp3) is 0.0909. The van der Waals surface area contributed by atoms with E-state index < -0.39 is 38.9 Å². The third-order valence-electron chi connectivity index (χ3n) is 2.01. The first-order valence-corrected chi connectivity index (χ1v) is 6.44. The van der Waals surface area contributed by atoms with Crippen molar-refractivity contribution in [3.8, 4) is 0 Å². The average Bonchev–Trinajstić information content (AvgIpc) is 2.30. The minimum Gasteiger partial charge on any atom is -0.395 e. The van der Waals surface area contributed by atoms with Crippen LogP contribution in [0.3, 0.4) is 0 Å². The predicted octanol–water partition coefficient (Wildman–Crippen LogP) is 5.04. The van der Waals surface area contributed by atoms with E-state index in [4.69, 9.17) is 5.73 Å². The quantitative estimate of drug-likeness (QED) is 0.479. The van der Waals surface area contributed by atoms with E-state index in [0.717, 1.165) is 10.8 Å². The van der Waals surface area contributed by atoms with Crippen molar-refractivity contribution < 1.29 is 22.0 Å². The number of hydrogen-bond acceptors (Lipinski definition) is 3. The number of hydrogen-bond donors (Lipinski definition) is 1. The number of halogens is 5. The van der Waals surface area contributed by atoms with Gasteiger partial charge >= 0.3 is 6.18 Å². The van der Waals surface area contributed by atoms with Crippen molar-refractivity contribution in [2.24, 2.45) is 0 Å². The molecule has 0 bridgehead atoms. The second-order valence-electron chi connectivity index (χ2n) is 3.14. The molecule has 0 aliphatic rings. The number of benzene rings is 1. The van der Waals surface area contributed by atoms with Gasteiger partial charge in [0.1, 0.15) is 5.56 Å². The molecule has 1 rings (SSSR count). The number of nitrogen functional groups attached to an aromatic ring is 1. The molecule has 2 N–H and O–H groups in total. The van der Waals surface area contributed by atoms with Crippen LogP contribution >= 0.6 is 23.5 Å². The van der Waals surface area contributed by atoms with Crippen molar-refractivity contribution in [1.82, 2.24) is 0 Å². The molecule has 0 heterocycles. The molecule has 0 unspecified atom stereocenters. The summed E-state index contributed by atoms with van der Waals surface area (Å²) in [5, 5.41) is 2.03. The Balaban J connectivity index is 3.74. The van der Waals surface area contributed by atoms with Crippen LogP contribution in [-0.4, -0.2) is 0 Å². The van der Waals surface area contributed by atoms with Gasteiger partial charge in [-0.2, -0.15) is 13.2 Å². The van der Waals surface area contributed by atoms with E-state index in [0.29, 0.717) is 23.5 Å². The Morgan fingerprint density at radius 1 is 0.947 bits per heavy atom. The summed E-state index contributed by atoms with van der Waals surface area (Å²) in [5.41, 5.74) is 2.95. The molecule has 0 fully saturated rings. The van der Waals surface area contributed by atoms with Gasteiger partial charge in [0, 0.05) is 0 Å². The maximum absolute atomic E-state index is 13.9. The summed E-state index contributed by atoms with van der Waals surface area (Å²) in [7, 11) is 0. The van der Waals surface area contributed by atoms with E-state index in [9.17, 15) is 22.0 Å². The van der Waals surface area contributed by atoms with E-state index in [1.54, 1.807) is 0 Å². The highest BCUT2D eigenvalue weighted by molar-refractivity contribution is 8.02. The molecule has 0 saturated carbocycles. The number of nitrogens with two attached hydrogens (primary N) is 1. The number of alkyl halides is 3. The lowest BCUT2D eigenvalue weighted by molar-refractivity contribution is -0.142. The maximum atomic E-state index is 13.9. The Bertz CT molecular complexity index is 525. The van der Waals surface area contributed by atoms with Crippen LogP contribution in [0.2, 0.25) is 0 Å². The third-order valence-corrected chi connectivity index (χ3v) is 3.60. The van der Waals surface area contributed by atoms with Crippen molar-refractivity contribution in [2.45, 2.75) is 16.0 Å². The van der Waals surface area contributed by atoms with Gasteiger partial charge in [-0.25, -0.2) is 8.78 Å². The van der Waals surface area contributed by atoms with E-state index >= 15 is 0 Å². The highest BCUT2D eigenvalue weighted by Gasteiger charge is 2.40. The molecule has 1 nitrogen and oxygen atoms in total. The summed E-state index contributed by atoms with van der Waals surface area (Å²) in [5.74, 6) is -2.93. The van der Waals surface area contributed by atoms with Gasteiger partial charge in [0.15, 0.2) is 11.6 Å². The van der Waals surface area contributed by atoms with Crippen molar-refractivity contribution in [3.63, 3.8) is 0 Å². The summed E-state index contributed by atoms with van der Waals surface area (Å²) in [6, 6.07) is 0. The summed E-state index contributed by atoms with van der Waals surface area (Å²) in [4.78, 5) is -1.56. The smallest absolute Gasteiger partial charge is 0.395 e. The molecule has 8 heteroatoms. The molecule has 0 spiro atoms. The van der Waals surface area contributed by atoms with Gasteiger partial charge in [-0.05, 0) is 10.8 Å². The molecule has 1 aromatic carbocycles. The molecule has 19 heavy (non-hydrogen) atoms. The highest BCUT2D eigenvalue weighted by atomic mass is 32.2. The normalized spacial score (nSPS) is 11.4. The van der Waals surface area contributed by atoms with Gasteiger partial charge in [-0.1, -0.05) is 36.7 Å². The minimum absolute atomic E-state index is 0.324. The number of anilines is 1. The van der Waals surface area contributed by atoms with Gasteiger partial charge in [-0.3, -0.25) is 0 Å². The van der Waals surface area contributed by atoms with Gasteiger partial charge in [0.2, 0.25) is 0 Å². The zero-order chi connectivity index (χ0) is 14.8. The minimum atomic E-state index is -5.04. The molecule has 104 valence electrons. The summed E-state index contributed by atoms with van der Waals surface area (Å²) in [6.45, 7) is 6.42. The molecule has 0 aromatic heterocycles. The van der Waals surface area contributed by atoms with E-state index in [-0.39, 0.29) is 0 Å². The lowest BCUT2D eigenvalue weighted by atomic mass is 10.1. The van der Waals surface area contributed by atoms with Crippen LogP contribution in [0.4, 0.5) is 27.6 Å². The molecule has 0 amide bonds. The van der Waals surface area contributed by atoms with Crippen molar-refractivity contribution in [3.05, 3.63) is 41.2 Å². The van der Waals surface area contributed by atoms with Crippen LogP contribution in [0.15, 0.2) is 33.8 Å². The van der Waals surface area contributed by atoms with Crippen molar-refractivity contribution in [1.29, 1.82) is 0 Å². The number of rotatable bonds is 4. The van der Waals surface area contributed by atoms with Gasteiger partial charge in [0.05, 0.1) is 15.5 Å². The first kappa shape index (κ1) is 15.9. The van der Waals surface area contributed by atoms with Crippen LogP contribution in [0.1, 0.15) is 5.56 Å². The van der Waals surface area contributed by atoms with Crippen LogP contribution in [-0.2, 0) is 6.18 Å². The van der Waals surface area contributed by atoms with Crippen LogP contribution in [0.25, 0.3) is 0 Å². The van der Waals surface area contributed by atoms with E-state index in [1.165, 1.54) is 0 Å². The molecule has 0 radical (unpaired) electrons. The van der Waals surface area contributed by atoms with Gasteiger partial charge in [-0.15, -0.1) is 0 Å². The van der Waals surface area contributed by atoms with Crippen LogP contribution in [0.5, 0.6) is 0 Å². The Labute approximate surface area is 114 Å². The third kappa shape index (κ3) is 3.06. The first-order chi connectivity index (χ1) is 8.75. The number of thioether (sulfide) groups is 2. The Morgan fingerprint density at radius 3 is 1.84 bits per heavy atom. The highest BCUT2D eigenvalue weighted by Crippen LogP contribution is 2.46. The second kappa shape index (κ2) is 5.87. The van der Waals surface area contributed by atoms with Gasteiger partial charge < -0.3 is 5.73 Å². The Morgan fingerprint density at radius 2 is 1.42 bits per heavy atom. The SMILES string of the molecule is C=CSc1c(N)c(F)c(SC=C)c(C(F)(F)F)c1F. The molecule has 0 aliphatic carbocycles. The van der Waals surface area contributed by atoms with E-state index in [2.05, 4.69) is 13.2 Å². The molecular weight excluding hydrogens is 305 g/mol. The van der Waals surface area contributed by atoms with Crippen LogP contribution < -0.4 is 5.73 Å². The van der Waals surface area contributed by atoms with E-state index in [1.807, 2.05) is 0 Å². The van der Waals surface area contributed by atoms with Gasteiger partial charge in [0.25, 0.3) is 0 Å². The standard InChI is InChI=1S/C11H8F5NS2/c1-3-18-9-5(11(14,15)16)6(12)10(19-4-2)8(17)7(9)13/h3-4H,1-2,17H2. The fourth-order valence-electron chi connectivity index (χ4n) is 1.31. The van der Waals surface area contributed by atoms with Crippen molar-refractivity contribution >= 4 is 29.2 Å². The summed E-state index contributed by atoms with van der Waals surface area (Å²) < 4.78 is 66.2. The molecule has 0 atom stereocenters.